The van der Waals surface area contributed by atoms with E-state index in [1.807, 2.05) is 77.1 Å². The smallest absolute Gasteiger partial charge is 0.324 e. The normalized spacial score (nSPS) is 21.3. The van der Waals surface area contributed by atoms with Crippen LogP contribution in [-0.2, 0) is 52.8 Å². The quantitative estimate of drug-likeness (QED) is 0.0825. The summed E-state index contributed by atoms with van der Waals surface area (Å²) in [6.45, 7) is 19.1. The number of carbonyl (C=O) groups is 5. The van der Waals surface area contributed by atoms with Crippen molar-refractivity contribution in [2.75, 3.05) is 40.4 Å². The molecule has 6 bridgehead atoms. The number of fused-ring (bicyclic) bond motifs is 6. The van der Waals surface area contributed by atoms with Crippen LogP contribution in [0.15, 0.2) is 78.5 Å². The van der Waals surface area contributed by atoms with Crippen molar-refractivity contribution in [1.29, 1.82) is 0 Å². The van der Waals surface area contributed by atoms with Crippen molar-refractivity contribution >= 4 is 52.3 Å². The molecule has 3 aliphatic rings. The molecule has 1 aromatic heterocycles. The Balaban J connectivity index is 1.47. The Morgan fingerprint density at radius 3 is 2.46 bits per heavy atom. The number of aromatic nitrogens is 1. The van der Waals surface area contributed by atoms with Crippen molar-refractivity contribution in [3.63, 3.8) is 0 Å². The van der Waals surface area contributed by atoms with Crippen LogP contribution in [-0.4, -0.2) is 126 Å². The van der Waals surface area contributed by atoms with E-state index in [9.17, 15) is 32.8 Å². The number of halogens is 2. The van der Waals surface area contributed by atoms with E-state index in [4.69, 9.17) is 9.47 Å². The molecule has 2 fully saturated rings. The molecule has 5 atom stereocenters. The molecule has 6 rings (SSSR count). The minimum Gasteiger partial charge on any atom is -0.464 e. The SMILES string of the molecule is C=CC(=O)N1CC[C@H](C(=O)N(C)[C@H](C(=O)N[C@H]2Cc3cccc(c3)-c3ccc4c(c3)c(c(/C(C=C)=C(/N=C\C)[C@H](C)OC)n4CC(F)F)CC(C)(C)COC(=O)[C@@H]3CCCN(N3)C2=O)C(C)C)C1. The predicted octanol–water partition coefficient (Wildman–Crippen LogP) is 6.76. The Morgan fingerprint density at radius 1 is 1.06 bits per heavy atom. The highest BCUT2D eigenvalue weighted by Crippen LogP contribution is 2.41. The number of hydrazine groups is 1. The van der Waals surface area contributed by atoms with Gasteiger partial charge < -0.3 is 29.2 Å². The van der Waals surface area contributed by atoms with Gasteiger partial charge in [0.25, 0.3) is 12.3 Å². The predicted molar refractivity (Wildman–Crippen MR) is 259 cm³/mol. The van der Waals surface area contributed by atoms with E-state index in [2.05, 4.69) is 28.9 Å². The van der Waals surface area contributed by atoms with E-state index in [0.717, 1.165) is 16.7 Å². The largest absolute Gasteiger partial charge is 0.464 e. The molecule has 0 aliphatic carbocycles. The Kier molecular flexibility index (Phi) is 16.6. The number of cyclic esters (lactones) is 1. The van der Waals surface area contributed by atoms with Gasteiger partial charge in [-0.25, -0.2) is 14.2 Å². The number of allylic oxidation sites excluding steroid dienone is 2. The fourth-order valence-corrected chi connectivity index (χ4v) is 9.80. The highest BCUT2D eigenvalue weighted by atomic mass is 19.3. The maximum absolute atomic E-state index is 14.7. The number of amides is 4. The Labute approximate surface area is 398 Å². The van der Waals surface area contributed by atoms with Gasteiger partial charge in [-0.05, 0) is 85.9 Å². The third-order valence-corrected chi connectivity index (χ3v) is 13.2. The van der Waals surface area contributed by atoms with Crippen LogP contribution < -0.4 is 10.7 Å². The first kappa shape index (κ1) is 51.4. The number of likely N-dealkylation sites (tertiary alicyclic amines) is 1. The molecule has 4 amide bonds. The second-order valence-corrected chi connectivity index (χ2v) is 19.2. The monoisotopic (exact) mass is 940 g/mol. The summed E-state index contributed by atoms with van der Waals surface area (Å²) in [4.78, 5) is 77.0. The second-order valence-electron chi connectivity index (χ2n) is 19.2. The summed E-state index contributed by atoms with van der Waals surface area (Å²) in [7, 11) is 3.13. The number of methoxy groups -OCH3 is 1. The summed E-state index contributed by atoms with van der Waals surface area (Å²) in [6, 6.07) is 10.3. The van der Waals surface area contributed by atoms with Crippen LogP contribution in [0.3, 0.4) is 0 Å². The lowest BCUT2D eigenvalue weighted by atomic mass is 9.84. The van der Waals surface area contributed by atoms with Crippen molar-refractivity contribution in [3.05, 3.63) is 90.3 Å². The molecule has 14 nitrogen and oxygen atoms in total. The average Bonchev–Trinajstić information content (AvgIpc) is 3.92. The lowest BCUT2D eigenvalue weighted by Gasteiger charge is -2.37. The molecular formula is C52H67F2N7O7. The van der Waals surface area contributed by atoms with Crippen molar-refractivity contribution in [1.82, 2.24) is 30.1 Å². The standard InChI is InChI=1S/C52H67F2N7O7/c1-11-37(45(55-13-3)32(6)67-10)47-39-27-52(7,8)30-68-51(66)40-18-15-22-61(57-40)50(65)41(56-48(63)46(31(4)5)58(9)49(64)36-21-23-59(28-36)44(62)12-2)25-33-16-14-17-34(24-33)35-19-20-42(38(39)26-35)60(47)29-43(53)54/h11-14,16-17,19-20,24,26,31-32,36,40-41,43,46,57H,1-2,15,18,21-23,25,27-30H2,3-10H3,(H,56,63)/b45-37+,55-13-/t32-,36-,40-,41-,46-/m0/s1. The molecule has 68 heavy (non-hydrogen) atoms. The summed E-state index contributed by atoms with van der Waals surface area (Å²) in [5, 5.41) is 5.10. The third kappa shape index (κ3) is 11.3. The summed E-state index contributed by atoms with van der Waals surface area (Å²) >= 11 is 0. The van der Waals surface area contributed by atoms with Crippen LogP contribution in [0.25, 0.3) is 27.6 Å². The van der Waals surface area contributed by atoms with Gasteiger partial charge in [0, 0.05) is 68.3 Å². The molecule has 0 radical (unpaired) electrons. The topological polar surface area (TPSA) is 155 Å². The zero-order valence-electron chi connectivity index (χ0n) is 40.6. The van der Waals surface area contributed by atoms with E-state index >= 15 is 0 Å². The molecule has 0 unspecified atom stereocenters. The fourth-order valence-electron chi connectivity index (χ4n) is 9.80. The Morgan fingerprint density at radius 2 is 1.79 bits per heavy atom. The minimum absolute atomic E-state index is 0.0345. The first-order valence-electron chi connectivity index (χ1n) is 23.5. The van der Waals surface area contributed by atoms with Crippen LogP contribution >= 0.6 is 0 Å². The molecule has 2 N–H and O–H groups in total. The van der Waals surface area contributed by atoms with Crippen molar-refractivity contribution < 1.29 is 42.2 Å². The Bertz CT molecular complexity index is 2480. The molecule has 0 saturated carbocycles. The lowest BCUT2D eigenvalue weighted by Crippen LogP contribution is -2.62. The molecule has 2 saturated heterocycles. The number of aliphatic imine (C=N–C) groups is 1. The molecular weight excluding hydrogens is 873 g/mol. The van der Waals surface area contributed by atoms with Gasteiger partial charge in [0.1, 0.15) is 18.1 Å². The lowest BCUT2D eigenvalue weighted by molar-refractivity contribution is -0.155. The second kappa shape index (κ2) is 22.0. The number of nitrogens with one attached hydrogen (secondary N) is 2. The van der Waals surface area contributed by atoms with Crippen LogP contribution in [0.4, 0.5) is 8.78 Å². The highest BCUT2D eigenvalue weighted by molar-refractivity contribution is 5.96. The molecule has 2 aromatic carbocycles. The first-order valence-corrected chi connectivity index (χ1v) is 23.5. The van der Waals surface area contributed by atoms with Crippen molar-refractivity contribution in [3.8, 4) is 11.1 Å². The van der Waals surface area contributed by atoms with Gasteiger partial charge in [-0.2, -0.15) is 0 Å². The van der Waals surface area contributed by atoms with E-state index in [1.165, 1.54) is 16.0 Å². The maximum atomic E-state index is 14.7. The average molecular weight is 940 g/mol. The zero-order chi connectivity index (χ0) is 49.6. The van der Waals surface area contributed by atoms with Gasteiger partial charge in [0.2, 0.25) is 17.7 Å². The van der Waals surface area contributed by atoms with Gasteiger partial charge in [0.15, 0.2) is 0 Å². The number of nitrogens with zero attached hydrogens (tertiary/aromatic N) is 5. The summed E-state index contributed by atoms with van der Waals surface area (Å²) < 4.78 is 42.8. The van der Waals surface area contributed by atoms with E-state index < -0.39 is 66.3 Å². The van der Waals surface area contributed by atoms with Crippen LogP contribution in [0.2, 0.25) is 0 Å². The van der Waals surface area contributed by atoms with Gasteiger partial charge in [0.05, 0.1) is 36.6 Å². The number of likely N-dealkylation sites (N-methyl/N-ethyl adjacent to an activating group) is 1. The highest BCUT2D eigenvalue weighted by Gasteiger charge is 2.40. The van der Waals surface area contributed by atoms with Crippen molar-refractivity contribution in [2.24, 2.45) is 22.2 Å². The van der Waals surface area contributed by atoms with Gasteiger partial charge in [-0.1, -0.05) is 77.3 Å². The fraction of sp³-hybridized carbons (Fsp3) is 0.500. The third-order valence-electron chi connectivity index (χ3n) is 13.2. The van der Waals surface area contributed by atoms with Crippen molar-refractivity contribution in [2.45, 2.75) is 111 Å². The molecule has 3 aliphatic heterocycles. The van der Waals surface area contributed by atoms with Gasteiger partial charge in [-0.3, -0.25) is 34.0 Å². The van der Waals surface area contributed by atoms with Gasteiger partial charge in [-0.15, -0.1) is 0 Å². The number of carbonyl (C=O) groups excluding carboxylic acids is 5. The molecule has 4 heterocycles. The molecule has 366 valence electrons. The number of hydrogen-bond donors (Lipinski definition) is 2. The Hall–Kier alpha value is -6.00. The maximum Gasteiger partial charge on any atom is 0.324 e. The van der Waals surface area contributed by atoms with Gasteiger partial charge >= 0.3 is 5.97 Å². The molecule has 16 heteroatoms. The summed E-state index contributed by atoms with van der Waals surface area (Å²) in [5.41, 5.74) is 7.52. The van der Waals surface area contributed by atoms with E-state index in [0.29, 0.717) is 65.7 Å². The number of benzene rings is 2. The van der Waals surface area contributed by atoms with Crippen LogP contribution in [0.5, 0.6) is 0 Å². The molecule has 0 spiro atoms. The number of rotatable bonds is 13. The summed E-state index contributed by atoms with van der Waals surface area (Å²) in [6.07, 6.45) is 2.93. The summed E-state index contributed by atoms with van der Waals surface area (Å²) in [5.74, 6) is -2.95. The number of alkyl halides is 2. The van der Waals surface area contributed by atoms with Crippen LogP contribution in [0.1, 0.15) is 77.6 Å². The van der Waals surface area contributed by atoms with Crippen LogP contribution in [0, 0.1) is 17.3 Å². The number of hydrogen-bond acceptors (Lipinski definition) is 9. The zero-order valence-corrected chi connectivity index (χ0v) is 40.6. The number of esters is 1. The van der Waals surface area contributed by atoms with E-state index in [-0.39, 0.29) is 43.8 Å². The van der Waals surface area contributed by atoms with E-state index in [1.54, 1.807) is 42.8 Å². The number of ether oxygens (including phenoxy) is 2. The minimum atomic E-state index is -2.70. The first-order chi connectivity index (χ1) is 32.3. The molecule has 3 aromatic rings.